The van der Waals surface area contributed by atoms with Crippen LogP contribution in [0.25, 0.3) is 6.08 Å². The molecule has 0 aliphatic carbocycles. The molecular weight excluding hydrogens is 422 g/mol. The summed E-state index contributed by atoms with van der Waals surface area (Å²) in [4.78, 5) is 26.7. The topological polar surface area (TPSA) is 101 Å². The fourth-order valence-corrected chi connectivity index (χ4v) is 3.45. The van der Waals surface area contributed by atoms with Gasteiger partial charge >= 0.3 is 0 Å². The van der Waals surface area contributed by atoms with Gasteiger partial charge in [-0.2, -0.15) is 5.26 Å². The van der Waals surface area contributed by atoms with Gasteiger partial charge in [-0.05, 0) is 55.7 Å². The first kappa shape index (κ1) is 23.7. The van der Waals surface area contributed by atoms with Crippen molar-refractivity contribution in [2.75, 3.05) is 38.7 Å². The predicted molar refractivity (Wildman–Crippen MR) is 124 cm³/mol. The van der Waals surface area contributed by atoms with Crippen molar-refractivity contribution in [2.45, 2.75) is 19.8 Å². The van der Waals surface area contributed by atoms with Crippen LogP contribution in [0.4, 0.5) is 5.69 Å². The van der Waals surface area contributed by atoms with Gasteiger partial charge in [-0.3, -0.25) is 9.59 Å². The Labute approximate surface area is 193 Å². The predicted octanol–water partition coefficient (Wildman–Crippen LogP) is 3.64. The lowest BCUT2D eigenvalue weighted by atomic mass is 10.1. The Kier molecular flexibility index (Phi) is 8.30. The Hall–Kier alpha value is -3.99. The molecule has 2 aromatic rings. The Morgan fingerprint density at radius 1 is 1.09 bits per heavy atom. The molecule has 0 saturated carbocycles. The van der Waals surface area contributed by atoms with Crippen molar-refractivity contribution >= 4 is 23.6 Å². The number of ether oxygens (including phenoxy) is 3. The quantitative estimate of drug-likeness (QED) is 0.463. The highest BCUT2D eigenvalue weighted by Crippen LogP contribution is 2.29. The molecule has 1 aliphatic rings. The number of methoxy groups -OCH3 is 1. The number of rotatable bonds is 9. The van der Waals surface area contributed by atoms with E-state index in [0.29, 0.717) is 35.1 Å². The number of nitrogens with zero attached hydrogens (tertiary/aromatic N) is 2. The maximum atomic E-state index is 12.7. The van der Waals surface area contributed by atoms with E-state index in [1.54, 1.807) is 47.4 Å². The maximum absolute atomic E-state index is 12.7. The zero-order valence-corrected chi connectivity index (χ0v) is 18.8. The van der Waals surface area contributed by atoms with E-state index in [1.165, 1.54) is 13.2 Å². The summed E-state index contributed by atoms with van der Waals surface area (Å²) in [6.07, 6.45) is 3.49. The van der Waals surface area contributed by atoms with Gasteiger partial charge in [0, 0.05) is 13.1 Å². The third-order valence-corrected chi connectivity index (χ3v) is 5.11. The minimum absolute atomic E-state index is 0.0608. The van der Waals surface area contributed by atoms with Crippen LogP contribution >= 0.6 is 0 Å². The second-order valence-electron chi connectivity index (χ2n) is 7.34. The van der Waals surface area contributed by atoms with Crippen LogP contribution < -0.4 is 19.5 Å². The number of hydrogen-bond acceptors (Lipinski definition) is 6. The first-order valence-corrected chi connectivity index (χ1v) is 10.8. The van der Waals surface area contributed by atoms with Crippen LogP contribution in [0, 0.1) is 11.3 Å². The SMILES string of the molecule is CCOc1ccccc1NC(=O)/C(C#N)=C/c1ccc(OCC(=O)N2CCCC2)c(OC)c1. The number of amides is 2. The summed E-state index contributed by atoms with van der Waals surface area (Å²) in [5.41, 5.74) is 0.977. The fraction of sp³-hybridized carbons (Fsp3) is 0.320. The average molecular weight is 450 g/mol. The highest BCUT2D eigenvalue weighted by Gasteiger charge is 2.19. The molecule has 1 aliphatic heterocycles. The molecule has 8 nitrogen and oxygen atoms in total. The summed E-state index contributed by atoms with van der Waals surface area (Å²) < 4.78 is 16.5. The second-order valence-corrected chi connectivity index (χ2v) is 7.34. The van der Waals surface area contributed by atoms with Gasteiger partial charge in [0.15, 0.2) is 18.1 Å². The Morgan fingerprint density at radius 3 is 2.55 bits per heavy atom. The molecule has 1 saturated heterocycles. The van der Waals surface area contributed by atoms with Crippen molar-refractivity contribution in [3.05, 3.63) is 53.6 Å². The van der Waals surface area contributed by atoms with Crippen LogP contribution in [0.5, 0.6) is 17.2 Å². The van der Waals surface area contributed by atoms with Crippen molar-refractivity contribution in [3.8, 4) is 23.3 Å². The number of hydrogen-bond donors (Lipinski definition) is 1. The minimum Gasteiger partial charge on any atom is -0.493 e. The molecule has 1 heterocycles. The monoisotopic (exact) mass is 449 g/mol. The average Bonchev–Trinajstić information content (AvgIpc) is 3.38. The summed E-state index contributed by atoms with van der Waals surface area (Å²) in [5, 5.41) is 12.2. The molecule has 2 amide bonds. The van der Waals surface area contributed by atoms with Gasteiger partial charge in [0.1, 0.15) is 17.4 Å². The van der Waals surface area contributed by atoms with Crippen LogP contribution in [0.2, 0.25) is 0 Å². The fourth-order valence-electron chi connectivity index (χ4n) is 3.45. The van der Waals surface area contributed by atoms with Crippen LogP contribution in [0.1, 0.15) is 25.3 Å². The Bertz CT molecular complexity index is 1070. The standard InChI is InChI=1S/C25H27N3O5/c1-3-32-21-9-5-4-8-20(21)27-25(30)19(16-26)14-18-10-11-22(23(15-18)31-2)33-17-24(29)28-12-6-7-13-28/h4-5,8-11,14-15H,3,6-7,12-13,17H2,1-2H3,(H,27,30)/b19-14+. The summed E-state index contributed by atoms with van der Waals surface area (Å²) in [6, 6.07) is 13.9. The molecule has 0 atom stereocenters. The van der Waals surface area contributed by atoms with Crippen molar-refractivity contribution < 1.29 is 23.8 Å². The first-order valence-electron chi connectivity index (χ1n) is 10.8. The minimum atomic E-state index is -0.555. The summed E-state index contributed by atoms with van der Waals surface area (Å²) in [6.45, 7) is 3.75. The van der Waals surface area contributed by atoms with Crippen molar-refractivity contribution in [3.63, 3.8) is 0 Å². The van der Waals surface area contributed by atoms with Gasteiger partial charge in [0.05, 0.1) is 19.4 Å². The first-order chi connectivity index (χ1) is 16.0. The van der Waals surface area contributed by atoms with Gasteiger partial charge in [-0.1, -0.05) is 18.2 Å². The lowest BCUT2D eigenvalue weighted by Crippen LogP contribution is -2.32. The summed E-state index contributed by atoms with van der Waals surface area (Å²) in [7, 11) is 1.49. The van der Waals surface area contributed by atoms with Crippen LogP contribution in [-0.2, 0) is 9.59 Å². The van der Waals surface area contributed by atoms with E-state index >= 15 is 0 Å². The zero-order valence-electron chi connectivity index (χ0n) is 18.8. The smallest absolute Gasteiger partial charge is 0.266 e. The van der Waals surface area contributed by atoms with E-state index in [2.05, 4.69) is 5.32 Å². The molecule has 1 fully saturated rings. The molecule has 1 N–H and O–H groups in total. The Balaban J connectivity index is 1.72. The Morgan fingerprint density at radius 2 is 1.85 bits per heavy atom. The zero-order chi connectivity index (χ0) is 23.6. The molecule has 3 rings (SSSR count). The number of nitriles is 1. The maximum Gasteiger partial charge on any atom is 0.266 e. The lowest BCUT2D eigenvalue weighted by molar-refractivity contribution is -0.132. The van der Waals surface area contributed by atoms with Gasteiger partial charge in [-0.15, -0.1) is 0 Å². The molecule has 0 spiro atoms. The van der Waals surface area contributed by atoms with Crippen LogP contribution in [-0.4, -0.2) is 50.1 Å². The summed E-state index contributed by atoms with van der Waals surface area (Å²) in [5.74, 6) is 0.722. The molecule has 2 aromatic carbocycles. The number of carbonyl (C=O) groups is 2. The molecule has 0 bridgehead atoms. The van der Waals surface area contributed by atoms with Gasteiger partial charge < -0.3 is 24.4 Å². The lowest BCUT2D eigenvalue weighted by Gasteiger charge is -2.16. The molecular formula is C25H27N3O5. The molecule has 0 unspecified atom stereocenters. The number of carbonyl (C=O) groups excluding carboxylic acids is 2. The van der Waals surface area contributed by atoms with E-state index in [1.807, 2.05) is 13.0 Å². The summed E-state index contributed by atoms with van der Waals surface area (Å²) >= 11 is 0. The molecule has 33 heavy (non-hydrogen) atoms. The van der Waals surface area contributed by atoms with E-state index < -0.39 is 5.91 Å². The van der Waals surface area contributed by atoms with Crippen LogP contribution in [0.3, 0.4) is 0 Å². The largest absolute Gasteiger partial charge is 0.493 e. The third-order valence-electron chi connectivity index (χ3n) is 5.11. The number of benzene rings is 2. The number of para-hydroxylation sites is 2. The highest BCUT2D eigenvalue weighted by molar-refractivity contribution is 6.10. The second kappa shape index (κ2) is 11.6. The van der Waals surface area contributed by atoms with Crippen molar-refractivity contribution in [2.24, 2.45) is 0 Å². The molecule has 0 aromatic heterocycles. The number of likely N-dealkylation sites (tertiary alicyclic amines) is 1. The van der Waals surface area contributed by atoms with E-state index in [4.69, 9.17) is 14.2 Å². The molecule has 172 valence electrons. The molecule has 0 radical (unpaired) electrons. The van der Waals surface area contributed by atoms with E-state index in [0.717, 1.165) is 25.9 Å². The van der Waals surface area contributed by atoms with E-state index in [-0.39, 0.29) is 18.1 Å². The molecule has 8 heteroatoms. The van der Waals surface area contributed by atoms with Gasteiger partial charge in [-0.25, -0.2) is 0 Å². The number of anilines is 1. The van der Waals surface area contributed by atoms with Gasteiger partial charge in [0.25, 0.3) is 11.8 Å². The van der Waals surface area contributed by atoms with Crippen LogP contribution in [0.15, 0.2) is 48.0 Å². The number of nitrogens with one attached hydrogen (secondary N) is 1. The van der Waals surface area contributed by atoms with Crippen molar-refractivity contribution in [1.82, 2.24) is 4.90 Å². The highest BCUT2D eigenvalue weighted by atomic mass is 16.5. The van der Waals surface area contributed by atoms with Crippen molar-refractivity contribution in [1.29, 1.82) is 5.26 Å². The van der Waals surface area contributed by atoms with E-state index in [9.17, 15) is 14.9 Å². The third kappa shape index (κ3) is 6.26. The van der Waals surface area contributed by atoms with Gasteiger partial charge in [0.2, 0.25) is 0 Å². The normalized spacial score (nSPS) is 13.2.